The first-order valence-corrected chi connectivity index (χ1v) is 19.5. The Morgan fingerprint density at radius 2 is 2.02 bits per heavy atom. The molecule has 14 heteroatoms. The van der Waals surface area contributed by atoms with Crippen molar-refractivity contribution in [2.45, 2.75) is 75.5 Å². The number of nitrogens with two attached hydrogens (primary N) is 1. The number of carbonyl (C=O) groups excluding carboxylic acids is 1. The summed E-state index contributed by atoms with van der Waals surface area (Å²) in [7, 11) is 0. The predicted octanol–water partition coefficient (Wildman–Crippen LogP) is 8.12. The number of nitrogens with zero attached hydrogens (tertiary/aromatic N) is 6. The molecule has 0 unspecified atom stereocenters. The molecule has 4 aromatic rings. The van der Waals surface area contributed by atoms with Crippen molar-refractivity contribution in [3.63, 3.8) is 0 Å². The number of anilines is 2. The summed E-state index contributed by atoms with van der Waals surface area (Å²) in [5, 5.41) is 10.7. The van der Waals surface area contributed by atoms with Crippen LogP contribution >= 0.6 is 22.9 Å². The van der Waals surface area contributed by atoms with Crippen LogP contribution in [0.5, 0.6) is 6.01 Å². The Morgan fingerprint density at radius 1 is 1.19 bits per heavy atom. The summed E-state index contributed by atoms with van der Waals surface area (Å²) in [5.74, 6) is -0.881. The van der Waals surface area contributed by atoms with Gasteiger partial charge in [-0.05, 0) is 68.2 Å². The number of aromatic nitrogens is 2. The van der Waals surface area contributed by atoms with Crippen LogP contribution in [-0.2, 0) is 4.79 Å². The Balaban J connectivity index is 1.14. The zero-order valence-corrected chi connectivity index (χ0v) is 30.5. The number of benzene rings is 2. The van der Waals surface area contributed by atoms with Gasteiger partial charge in [0, 0.05) is 54.7 Å². The van der Waals surface area contributed by atoms with E-state index in [0.717, 1.165) is 62.8 Å². The Morgan fingerprint density at radius 3 is 2.79 bits per heavy atom. The number of rotatable bonds is 7. The van der Waals surface area contributed by atoms with Gasteiger partial charge in [0.25, 0.3) is 0 Å². The van der Waals surface area contributed by atoms with Crippen molar-refractivity contribution in [1.29, 1.82) is 5.26 Å². The van der Waals surface area contributed by atoms with Crippen LogP contribution in [0.25, 0.3) is 37.0 Å². The molecule has 274 valence electrons. The third-order valence-corrected chi connectivity index (χ3v) is 13.9. The van der Waals surface area contributed by atoms with Crippen molar-refractivity contribution in [3.8, 4) is 23.2 Å². The second-order valence-electron chi connectivity index (χ2n) is 15.8. The number of Topliss-reactive ketones (excluding diaryl/α,β-unsaturated/α-hetero) is 1. The van der Waals surface area contributed by atoms with E-state index in [9.17, 15) is 18.8 Å². The summed E-state index contributed by atoms with van der Waals surface area (Å²) in [4.78, 5) is 30.6. The molecule has 53 heavy (non-hydrogen) atoms. The average Bonchev–Trinajstić information content (AvgIpc) is 3.66. The highest BCUT2D eigenvalue weighted by Gasteiger charge is 2.57. The van der Waals surface area contributed by atoms with Gasteiger partial charge < -0.3 is 20.2 Å². The number of fused-ring (bicyclic) bond motifs is 3. The van der Waals surface area contributed by atoms with Gasteiger partial charge in [0.05, 0.1) is 20.8 Å². The molecule has 5 aliphatic rings. The first-order valence-electron chi connectivity index (χ1n) is 18.3. The molecule has 2 aromatic carbocycles. The van der Waals surface area contributed by atoms with E-state index in [1.807, 2.05) is 6.07 Å². The second-order valence-corrected chi connectivity index (χ2v) is 17.3. The molecular weight excluding hydrogens is 723 g/mol. The molecule has 2 N–H and O–H groups in total. The molecule has 4 atom stereocenters. The van der Waals surface area contributed by atoms with Crippen LogP contribution in [0.2, 0.25) is 5.02 Å². The fourth-order valence-electron chi connectivity index (χ4n) is 9.87. The topological polar surface area (TPSA) is 113 Å². The smallest absolute Gasteiger partial charge is 0.319 e. The number of thiophene rings is 1. The fraction of sp³-hybridized carbons (Fsp3) is 0.513. The Labute approximate surface area is 313 Å². The molecule has 3 saturated heterocycles. The zero-order chi connectivity index (χ0) is 36.8. The van der Waals surface area contributed by atoms with Crippen molar-refractivity contribution in [3.05, 3.63) is 51.8 Å². The van der Waals surface area contributed by atoms with Gasteiger partial charge >= 0.3 is 6.01 Å². The van der Waals surface area contributed by atoms with Crippen LogP contribution in [0.3, 0.4) is 0 Å². The van der Waals surface area contributed by atoms with E-state index in [1.54, 1.807) is 6.07 Å². The lowest BCUT2D eigenvalue weighted by Crippen LogP contribution is -2.48. The van der Waals surface area contributed by atoms with E-state index in [-0.39, 0.29) is 84.0 Å². The number of carbonyl (C=O) groups is 1. The van der Waals surface area contributed by atoms with Crippen LogP contribution in [-0.4, -0.2) is 71.2 Å². The zero-order valence-electron chi connectivity index (χ0n) is 28.9. The summed E-state index contributed by atoms with van der Waals surface area (Å²) < 4.78 is 53.3. The van der Waals surface area contributed by atoms with Crippen molar-refractivity contribution in [2.75, 3.05) is 43.4 Å². The summed E-state index contributed by atoms with van der Waals surface area (Å²) >= 11 is 7.87. The highest BCUT2D eigenvalue weighted by molar-refractivity contribution is 7.23. The minimum atomic E-state index is -0.954. The minimum absolute atomic E-state index is 0.0353. The molecule has 0 bridgehead atoms. The second kappa shape index (κ2) is 12.7. The number of nitrogen functional groups attached to an aromatic ring is 1. The van der Waals surface area contributed by atoms with Gasteiger partial charge in [-0.25, -0.2) is 19.7 Å². The van der Waals surface area contributed by atoms with Crippen molar-refractivity contribution < 1.29 is 22.7 Å². The maximum atomic E-state index is 17.2. The van der Waals surface area contributed by atoms with Crippen LogP contribution in [0.4, 0.5) is 24.0 Å². The van der Waals surface area contributed by atoms with Crippen molar-refractivity contribution in [1.82, 2.24) is 14.9 Å². The van der Waals surface area contributed by atoms with E-state index in [0.29, 0.717) is 43.7 Å². The molecule has 3 aliphatic heterocycles. The molecule has 9 rings (SSSR count). The molecule has 0 amide bonds. The molecule has 2 aliphatic carbocycles. The normalized spacial score (nSPS) is 29.5. The molecule has 2 saturated carbocycles. The van der Waals surface area contributed by atoms with E-state index in [1.165, 1.54) is 12.1 Å². The lowest BCUT2D eigenvalue weighted by Gasteiger charge is -2.48. The van der Waals surface area contributed by atoms with Gasteiger partial charge in [0.15, 0.2) is 5.82 Å². The van der Waals surface area contributed by atoms with Gasteiger partial charge in [-0.2, -0.15) is 15.2 Å². The van der Waals surface area contributed by atoms with E-state index in [4.69, 9.17) is 33.6 Å². The maximum Gasteiger partial charge on any atom is 0.319 e. The number of hydrogen-bond donors (Lipinski definition) is 1. The third-order valence-electron chi connectivity index (χ3n) is 12.5. The van der Waals surface area contributed by atoms with Gasteiger partial charge in [-0.15, -0.1) is 11.3 Å². The molecule has 1 spiro atoms. The monoisotopic (exact) mass is 759 g/mol. The van der Waals surface area contributed by atoms with Crippen LogP contribution in [0.1, 0.15) is 63.4 Å². The van der Waals surface area contributed by atoms with E-state index < -0.39 is 23.3 Å². The summed E-state index contributed by atoms with van der Waals surface area (Å²) in [6.45, 7) is 9.84. The van der Waals surface area contributed by atoms with Crippen molar-refractivity contribution in [2.24, 2.45) is 17.3 Å². The summed E-state index contributed by atoms with van der Waals surface area (Å²) in [6.07, 6.45) is 6.01. The highest BCUT2D eigenvalue weighted by Crippen LogP contribution is 2.55. The largest absolute Gasteiger partial charge is 0.461 e. The summed E-state index contributed by atoms with van der Waals surface area (Å²) in [5.41, 5.74) is 5.67. The lowest BCUT2D eigenvalue weighted by molar-refractivity contribution is -0.131. The number of nitriles is 1. The summed E-state index contributed by atoms with van der Waals surface area (Å²) in [6, 6.07) is 6.06. The number of alkyl halides is 1. The third kappa shape index (κ3) is 5.61. The van der Waals surface area contributed by atoms with E-state index >= 15 is 4.39 Å². The maximum absolute atomic E-state index is 17.2. The van der Waals surface area contributed by atoms with Crippen LogP contribution in [0.15, 0.2) is 18.2 Å². The molecule has 0 radical (unpaired) electrons. The molecule has 9 nitrogen and oxygen atoms in total. The number of hydrogen-bond acceptors (Lipinski definition) is 9. The Kier molecular flexibility index (Phi) is 8.30. The minimum Gasteiger partial charge on any atom is -0.461 e. The van der Waals surface area contributed by atoms with Crippen molar-refractivity contribution >= 4 is 60.5 Å². The van der Waals surface area contributed by atoms with Crippen LogP contribution in [0, 0.1) is 46.8 Å². The first kappa shape index (κ1) is 34.6. The number of ether oxygens (including phenoxy) is 1. The molecule has 5 heterocycles. The van der Waals surface area contributed by atoms with Gasteiger partial charge in [-0.3, -0.25) is 9.69 Å². The fourth-order valence-corrected chi connectivity index (χ4v) is 11.1. The Bertz CT molecular complexity index is 2280. The number of ketones is 1. The predicted molar refractivity (Wildman–Crippen MR) is 198 cm³/mol. The standard InChI is InChI=1S/C39H37ClF3N7O2S/c1-46-28-12-23(28)33(51)20-13-38(14-20)7-2-3-9-49(18-38)36-24-11-26(40)30(22-5-6-27(42)34-29(22)25(16-44)35(45)53-34)31(43)32(24)47-37(48-36)52-19-39-8-4-10-50(39)17-21(41)15-39/h5-6,11,20-21,23,28H,2-4,7-10,12-15,17-19,45H2/t20?,21-,23-,28-,38?,39+/m1/s1. The lowest BCUT2D eigenvalue weighted by atomic mass is 9.58. The van der Waals surface area contributed by atoms with Gasteiger partial charge in [0.1, 0.15) is 52.7 Å². The molecule has 2 aromatic heterocycles. The van der Waals surface area contributed by atoms with Crippen LogP contribution < -0.4 is 15.4 Å². The SMILES string of the molecule is [C-]#[N+][C@@H]1C[C@H]1C(=O)C1CC2(CCCCN(c3nc(OC[C@@]45CCCN4C[C@H](F)C5)nc4c(F)c(-c5ccc(F)c6sc(N)c(C#N)c56)c(Cl)cc34)C2)C1. The average molecular weight is 760 g/mol. The first-order chi connectivity index (χ1) is 25.5. The van der Waals surface area contributed by atoms with Gasteiger partial charge in [0.2, 0.25) is 6.04 Å². The molecule has 5 fully saturated rings. The quantitative estimate of drug-likeness (QED) is 0.188. The van der Waals surface area contributed by atoms with Gasteiger partial charge in [-0.1, -0.05) is 24.1 Å². The highest BCUT2D eigenvalue weighted by atomic mass is 35.5. The van der Waals surface area contributed by atoms with E-state index in [2.05, 4.69) is 19.6 Å². The number of halogens is 4. The molecular formula is C39H37ClF3N7O2S. The Hall–Kier alpha value is -4.17.